The summed E-state index contributed by atoms with van der Waals surface area (Å²) >= 11 is 5.96. The van der Waals surface area contributed by atoms with E-state index in [1.165, 1.54) is 12.1 Å². The van der Waals surface area contributed by atoms with Crippen LogP contribution < -0.4 is 5.32 Å². The Bertz CT molecular complexity index is 891. The fraction of sp³-hybridized carbons (Fsp3) is 0. The zero-order valence-electron chi connectivity index (χ0n) is 11.0. The molecule has 0 aliphatic rings. The SMILES string of the molecule is O=C(Nc1ccnc2[nH]ccc12)c1cc([N+](=O)[O-])ccc1Cl. The molecule has 2 N–H and O–H groups in total. The Balaban J connectivity index is 1.96. The van der Waals surface area contributed by atoms with Gasteiger partial charge in [-0.15, -0.1) is 0 Å². The van der Waals surface area contributed by atoms with Crippen molar-refractivity contribution in [1.82, 2.24) is 9.97 Å². The predicted octanol–water partition coefficient (Wildman–Crippen LogP) is 3.38. The monoisotopic (exact) mass is 316 g/mol. The van der Waals surface area contributed by atoms with Crippen molar-refractivity contribution < 1.29 is 9.72 Å². The molecule has 2 aromatic heterocycles. The molecule has 1 aromatic carbocycles. The number of nitrogens with one attached hydrogen (secondary N) is 2. The van der Waals surface area contributed by atoms with Crippen molar-refractivity contribution in [1.29, 1.82) is 0 Å². The number of aromatic amines is 1. The normalized spacial score (nSPS) is 10.6. The van der Waals surface area contributed by atoms with Crippen molar-refractivity contribution in [2.45, 2.75) is 0 Å². The highest BCUT2D eigenvalue weighted by molar-refractivity contribution is 6.34. The topological polar surface area (TPSA) is 101 Å². The van der Waals surface area contributed by atoms with Crippen molar-refractivity contribution >= 4 is 39.9 Å². The molecule has 0 radical (unpaired) electrons. The number of H-pyrrole nitrogens is 1. The largest absolute Gasteiger partial charge is 0.346 e. The second-order valence-corrected chi connectivity index (χ2v) is 4.88. The molecule has 0 atom stereocenters. The Labute approximate surface area is 129 Å². The lowest BCUT2D eigenvalue weighted by molar-refractivity contribution is -0.384. The Morgan fingerprint density at radius 2 is 2.14 bits per heavy atom. The lowest BCUT2D eigenvalue weighted by Gasteiger charge is -2.07. The van der Waals surface area contributed by atoms with Crippen LogP contribution in [0.5, 0.6) is 0 Å². The standard InChI is InChI=1S/C14H9ClN4O3/c15-11-2-1-8(19(21)22)7-10(11)14(20)18-12-4-6-17-13-9(12)3-5-16-13/h1-7H,(H2,16,17,18,20). The number of carbonyl (C=O) groups excluding carboxylic acids is 1. The van der Waals surface area contributed by atoms with Gasteiger partial charge in [-0.25, -0.2) is 4.98 Å². The number of halogens is 1. The lowest BCUT2D eigenvalue weighted by atomic mass is 10.1. The minimum Gasteiger partial charge on any atom is -0.346 e. The third-order valence-corrected chi connectivity index (χ3v) is 3.44. The summed E-state index contributed by atoms with van der Waals surface area (Å²) in [5.41, 5.74) is 1.01. The first-order valence-corrected chi connectivity index (χ1v) is 6.61. The molecule has 110 valence electrons. The average molecular weight is 317 g/mol. The number of benzene rings is 1. The summed E-state index contributed by atoms with van der Waals surface area (Å²) in [6, 6.07) is 7.13. The fourth-order valence-corrected chi connectivity index (χ4v) is 2.26. The molecule has 0 unspecified atom stereocenters. The number of pyridine rings is 1. The van der Waals surface area contributed by atoms with Gasteiger partial charge in [-0.2, -0.15) is 0 Å². The summed E-state index contributed by atoms with van der Waals surface area (Å²) in [5.74, 6) is -0.526. The Hall–Kier alpha value is -2.93. The van der Waals surface area contributed by atoms with Crippen LogP contribution in [0.15, 0.2) is 42.7 Å². The van der Waals surface area contributed by atoms with Gasteiger partial charge < -0.3 is 10.3 Å². The van der Waals surface area contributed by atoms with Crippen molar-refractivity contribution in [2.24, 2.45) is 0 Å². The molecule has 3 rings (SSSR count). The number of carbonyl (C=O) groups is 1. The zero-order valence-corrected chi connectivity index (χ0v) is 11.8. The molecule has 2 heterocycles. The van der Waals surface area contributed by atoms with Gasteiger partial charge in [-0.1, -0.05) is 11.6 Å². The first-order chi connectivity index (χ1) is 10.6. The van der Waals surface area contributed by atoms with Crippen LogP contribution in [0.25, 0.3) is 11.0 Å². The van der Waals surface area contributed by atoms with Gasteiger partial charge in [0.15, 0.2) is 0 Å². The summed E-state index contributed by atoms with van der Waals surface area (Å²) in [5, 5.41) is 14.4. The van der Waals surface area contributed by atoms with Crippen LogP contribution in [-0.2, 0) is 0 Å². The molecule has 0 saturated heterocycles. The van der Waals surface area contributed by atoms with Gasteiger partial charge in [-0.05, 0) is 18.2 Å². The summed E-state index contributed by atoms with van der Waals surface area (Å²) in [7, 11) is 0. The van der Waals surface area contributed by atoms with Crippen LogP contribution in [0, 0.1) is 10.1 Å². The molecule has 0 fully saturated rings. The molecule has 0 aliphatic heterocycles. The van der Waals surface area contributed by atoms with E-state index in [0.717, 1.165) is 11.5 Å². The first-order valence-electron chi connectivity index (χ1n) is 6.23. The third-order valence-electron chi connectivity index (χ3n) is 3.11. The minimum atomic E-state index is -0.579. The molecule has 8 heteroatoms. The number of nitrogens with zero attached hydrogens (tertiary/aromatic N) is 2. The second-order valence-electron chi connectivity index (χ2n) is 4.47. The van der Waals surface area contributed by atoms with Gasteiger partial charge in [-0.3, -0.25) is 14.9 Å². The van der Waals surface area contributed by atoms with Crippen molar-refractivity contribution in [2.75, 3.05) is 5.32 Å². The van der Waals surface area contributed by atoms with Crippen LogP contribution in [-0.4, -0.2) is 20.8 Å². The van der Waals surface area contributed by atoms with Gasteiger partial charge in [0, 0.05) is 29.9 Å². The van der Waals surface area contributed by atoms with E-state index in [-0.39, 0.29) is 16.3 Å². The van der Waals surface area contributed by atoms with Crippen LogP contribution in [0.4, 0.5) is 11.4 Å². The van der Waals surface area contributed by atoms with E-state index >= 15 is 0 Å². The maximum absolute atomic E-state index is 12.3. The lowest BCUT2D eigenvalue weighted by Crippen LogP contribution is -2.13. The Morgan fingerprint density at radius 1 is 1.32 bits per heavy atom. The van der Waals surface area contributed by atoms with Crippen LogP contribution in [0.1, 0.15) is 10.4 Å². The van der Waals surface area contributed by atoms with E-state index in [1.54, 1.807) is 24.5 Å². The number of anilines is 1. The Kier molecular flexibility index (Phi) is 3.48. The van der Waals surface area contributed by atoms with Crippen molar-refractivity contribution in [3.63, 3.8) is 0 Å². The summed E-state index contributed by atoms with van der Waals surface area (Å²) in [4.78, 5) is 29.6. The summed E-state index contributed by atoms with van der Waals surface area (Å²) < 4.78 is 0. The maximum atomic E-state index is 12.3. The van der Waals surface area contributed by atoms with Crippen molar-refractivity contribution in [3.05, 3.63) is 63.4 Å². The molecule has 0 saturated carbocycles. The highest BCUT2D eigenvalue weighted by Gasteiger charge is 2.17. The van der Waals surface area contributed by atoms with Gasteiger partial charge in [0.2, 0.25) is 0 Å². The number of aromatic nitrogens is 2. The number of hydrogen-bond donors (Lipinski definition) is 2. The number of amides is 1. The van der Waals surface area contributed by atoms with Crippen LogP contribution in [0.2, 0.25) is 5.02 Å². The van der Waals surface area contributed by atoms with E-state index in [9.17, 15) is 14.9 Å². The van der Waals surface area contributed by atoms with E-state index in [2.05, 4.69) is 15.3 Å². The minimum absolute atomic E-state index is 0.0383. The highest BCUT2D eigenvalue weighted by Crippen LogP contribution is 2.25. The van der Waals surface area contributed by atoms with Gasteiger partial charge in [0.05, 0.1) is 21.2 Å². The third kappa shape index (κ3) is 2.49. The quantitative estimate of drug-likeness (QED) is 0.571. The smallest absolute Gasteiger partial charge is 0.270 e. The molecule has 7 nitrogen and oxygen atoms in total. The molecule has 0 bridgehead atoms. The van der Waals surface area contributed by atoms with E-state index in [4.69, 9.17) is 11.6 Å². The number of hydrogen-bond acceptors (Lipinski definition) is 4. The average Bonchev–Trinajstić information content (AvgIpc) is 2.97. The van der Waals surface area contributed by atoms with Crippen LogP contribution >= 0.6 is 11.6 Å². The number of nitro benzene ring substituents is 1. The molecule has 3 aromatic rings. The molecule has 0 aliphatic carbocycles. The number of fused-ring (bicyclic) bond motifs is 1. The Morgan fingerprint density at radius 3 is 2.91 bits per heavy atom. The zero-order chi connectivity index (χ0) is 15.7. The number of nitro groups is 1. The predicted molar refractivity (Wildman–Crippen MR) is 82.2 cm³/mol. The number of rotatable bonds is 3. The molecular formula is C14H9ClN4O3. The van der Waals surface area contributed by atoms with E-state index in [0.29, 0.717) is 11.3 Å². The molecular weight excluding hydrogens is 308 g/mol. The molecule has 1 amide bonds. The second kappa shape index (κ2) is 5.45. The van der Waals surface area contributed by atoms with Crippen LogP contribution in [0.3, 0.4) is 0 Å². The van der Waals surface area contributed by atoms with E-state index in [1.807, 2.05) is 0 Å². The van der Waals surface area contributed by atoms with Gasteiger partial charge in [0.1, 0.15) is 5.65 Å². The van der Waals surface area contributed by atoms with Gasteiger partial charge in [0.25, 0.3) is 11.6 Å². The summed E-state index contributed by atoms with van der Waals surface area (Å²) in [6.45, 7) is 0. The van der Waals surface area contributed by atoms with E-state index < -0.39 is 10.8 Å². The van der Waals surface area contributed by atoms with Crippen molar-refractivity contribution in [3.8, 4) is 0 Å². The first kappa shape index (κ1) is 14.0. The molecule has 0 spiro atoms. The van der Waals surface area contributed by atoms with Gasteiger partial charge >= 0.3 is 0 Å². The molecule has 22 heavy (non-hydrogen) atoms. The maximum Gasteiger partial charge on any atom is 0.270 e. The number of non-ortho nitro benzene ring substituents is 1. The highest BCUT2D eigenvalue weighted by atomic mass is 35.5. The summed E-state index contributed by atoms with van der Waals surface area (Å²) in [6.07, 6.45) is 3.25. The fourth-order valence-electron chi connectivity index (χ4n) is 2.06.